The molecule has 0 aliphatic heterocycles. The molecule has 0 fully saturated rings. The van der Waals surface area contributed by atoms with Crippen LogP contribution in [-0.4, -0.2) is 6.26 Å². The molecule has 0 aliphatic carbocycles. The van der Waals surface area contributed by atoms with Gasteiger partial charge in [-0.15, -0.1) is 11.8 Å². The highest BCUT2D eigenvalue weighted by atomic mass is 32.2. The Kier molecular flexibility index (Phi) is 4.38. The third-order valence-electron chi connectivity index (χ3n) is 5.35. The second-order valence-corrected chi connectivity index (χ2v) is 7.88. The number of thioether (sulfide) groups is 1. The fourth-order valence-corrected chi connectivity index (χ4v) is 4.43. The van der Waals surface area contributed by atoms with Gasteiger partial charge in [-0.3, -0.25) is 0 Å². The summed E-state index contributed by atoms with van der Waals surface area (Å²) in [5.41, 5.74) is 5.11. The minimum Gasteiger partial charge on any atom is -0.130 e. The maximum absolute atomic E-state index is 2.30. The van der Waals surface area contributed by atoms with Crippen LogP contribution >= 0.6 is 11.8 Å². The molecule has 28 heavy (non-hydrogen) atoms. The van der Waals surface area contributed by atoms with Gasteiger partial charge in [0.1, 0.15) is 0 Å². The van der Waals surface area contributed by atoms with E-state index in [0.717, 1.165) is 0 Å². The lowest BCUT2D eigenvalue weighted by molar-refractivity contribution is 1.46. The zero-order valence-electron chi connectivity index (χ0n) is 15.7. The van der Waals surface area contributed by atoms with Crippen molar-refractivity contribution in [1.29, 1.82) is 0 Å². The summed E-state index contributed by atoms with van der Waals surface area (Å²) in [7, 11) is 0. The summed E-state index contributed by atoms with van der Waals surface area (Å²) in [6, 6.07) is 37.4. The smallest absolute Gasteiger partial charge is 0.00753 e. The molecule has 5 rings (SSSR count). The van der Waals surface area contributed by atoms with Crippen LogP contribution in [0.2, 0.25) is 0 Å². The van der Waals surface area contributed by atoms with Gasteiger partial charge in [-0.05, 0) is 68.3 Å². The maximum atomic E-state index is 2.30. The predicted octanol–water partition coefficient (Wildman–Crippen LogP) is 8.05. The Balaban J connectivity index is 1.79. The van der Waals surface area contributed by atoms with Gasteiger partial charge in [-0.2, -0.15) is 0 Å². The molecule has 0 heterocycles. The van der Waals surface area contributed by atoms with Crippen molar-refractivity contribution >= 4 is 33.3 Å². The Morgan fingerprint density at radius 3 is 1.89 bits per heavy atom. The normalized spacial score (nSPS) is 11.2. The van der Waals surface area contributed by atoms with Crippen molar-refractivity contribution in [2.24, 2.45) is 0 Å². The van der Waals surface area contributed by atoms with Gasteiger partial charge in [0.25, 0.3) is 0 Å². The molecule has 0 bridgehead atoms. The van der Waals surface area contributed by atoms with E-state index < -0.39 is 0 Å². The Hall–Kier alpha value is -3.03. The van der Waals surface area contributed by atoms with Crippen LogP contribution in [-0.2, 0) is 0 Å². The molecule has 0 unspecified atom stereocenters. The zero-order chi connectivity index (χ0) is 18.9. The van der Waals surface area contributed by atoms with Crippen molar-refractivity contribution in [2.45, 2.75) is 4.90 Å². The number of rotatable bonds is 3. The van der Waals surface area contributed by atoms with Crippen LogP contribution in [0.1, 0.15) is 0 Å². The first kappa shape index (κ1) is 17.1. The van der Waals surface area contributed by atoms with E-state index >= 15 is 0 Å². The molecule has 0 atom stereocenters. The molecule has 1 heteroatoms. The van der Waals surface area contributed by atoms with Crippen LogP contribution in [0.5, 0.6) is 0 Å². The standard InChI is InChI=1S/C27H20S/c1-28-24-12-4-11-22(18-24)25-13-5-9-20-10-6-14-26(27(20)25)23-16-15-19-7-2-3-8-21(19)17-23/h2-18H,1H3. The highest BCUT2D eigenvalue weighted by Crippen LogP contribution is 2.38. The molecule has 134 valence electrons. The molecule has 5 aromatic rings. The van der Waals surface area contributed by atoms with E-state index in [1.807, 2.05) is 0 Å². The summed E-state index contributed by atoms with van der Waals surface area (Å²) in [5, 5.41) is 5.15. The second-order valence-electron chi connectivity index (χ2n) is 7.00. The highest BCUT2D eigenvalue weighted by Gasteiger charge is 2.11. The molecule has 0 nitrogen and oxygen atoms in total. The summed E-state index contributed by atoms with van der Waals surface area (Å²) in [5.74, 6) is 0. The monoisotopic (exact) mass is 376 g/mol. The van der Waals surface area contributed by atoms with Crippen LogP contribution in [0, 0.1) is 0 Å². The quantitative estimate of drug-likeness (QED) is 0.287. The molecule has 0 aromatic heterocycles. The number of fused-ring (bicyclic) bond motifs is 2. The largest absolute Gasteiger partial charge is 0.130 e. The van der Waals surface area contributed by atoms with Gasteiger partial charge in [0.05, 0.1) is 0 Å². The van der Waals surface area contributed by atoms with E-state index in [0.29, 0.717) is 0 Å². The van der Waals surface area contributed by atoms with E-state index in [1.165, 1.54) is 48.7 Å². The molecule has 5 aromatic carbocycles. The van der Waals surface area contributed by atoms with Crippen molar-refractivity contribution in [3.05, 3.63) is 103 Å². The minimum atomic E-state index is 1.26. The van der Waals surface area contributed by atoms with E-state index in [4.69, 9.17) is 0 Å². The van der Waals surface area contributed by atoms with Gasteiger partial charge in [0, 0.05) is 4.90 Å². The first-order valence-corrected chi connectivity index (χ1v) is 10.7. The zero-order valence-corrected chi connectivity index (χ0v) is 16.5. The average molecular weight is 377 g/mol. The average Bonchev–Trinajstić information content (AvgIpc) is 2.78. The van der Waals surface area contributed by atoms with E-state index in [2.05, 4.69) is 109 Å². The van der Waals surface area contributed by atoms with Gasteiger partial charge in [0.2, 0.25) is 0 Å². The highest BCUT2D eigenvalue weighted by molar-refractivity contribution is 7.98. The molecular weight excluding hydrogens is 356 g/mol. The molecule has 0 amide bonds. The topological polar surface area (TPSA) is 0 Å². The van der Waals surface area contributed by atoms with Crippen LogP contribution in [0.15, 0.2) is 108 Å². The van der Waals surface area contributed by atoms with Crippen molar-refractivity contribution < 1.29 is 0 Å². The van der Waals surface area contributed by atoms with E-state index in [-0.39, 0.29) is 0 Å². The lowest BCUT2D eigenvalue weighted by atomic mass is 9.91. The summed E-state index contributed by atoms with van der Waals surface area (Å²) < 4.78 is 0. The molecule has 0 saturated heterocycles. The van der Waals surface area contributed by atoms with Crippen molar-refractivity contribution in [2.75, 3.05) is 6.26 Å². The SMILES string of the molecule is CSc1cccc(-c2cccc3cccc(-c4ccc5ccccc5c4)c23)c1. The van der Waals surface area contributed by atoms with Crippen molar-refractivity contribution in [3.8, 4) is 22.3 Å². The van der Waals surface area contributed by atoms with Crippen LogP contribution in [0.25, 0.3) is 43.8 Å². The second kappa shape index (κ2) is 7.18. The fourth-order valence-electron chi connectivity index (χ4n) is 3.97. The molecule has 0 radical (unpaired) electrons. The Bertz CT molecular complexity index is 1290. The van der Waals surface area contributed by atoms with Gasteiger partial charge in [-0.1, -0.05) is 84.9 Å². The Morgan fingerprint density at radius 2 is 1.14 bits per heavy atom. The van der Waals surface area contributed by atoms with Gasteiger partial charge < -0.3 is 0 Å². The Labute approximate surface area is 169 Å². The molecular formula is C27H20S. The predicted molar refractivity (Wildman–Crippen MR) is 124 cm³/mol. The number of benzene rings is 5. The fraction of sp³-hybridized carbons (Fsp3) is 0.0370. The van der Waals surface area contributed by atoms with Gasteiger partial charge in [0.15, 0.2) is 0 Å². The van der Waals surface area contributed by atoms with Crippen LogP contribution < -0.4 is 0 Å². The Morgan fingerprint density at radius 1 is 0.500 bits per heavy atom. The molecule has 0 aliphatic rings. The first-order valence-electron chi connectivity index (χ1n) is 9.49. The summed E-state index contributed by atoms with van der Waals surface area (Å²) >= 11 is 1.79. The van der Waals surface area contributed by atoms with Crippen LogP contribution in [0.4, 0.5) is 0 Å². The number of hydrogen-bond acceptors (Lipinski definition) is 1. The molecule has 0 N–H and O–H groups in total. The lowest BCUT2D eigenvalue weighted by Gasteiger charge is -2.14. The third-order valence-corrected chi connectivity index (χ3v) is 6.07. The first-order chi connectivity index (χ1) is 13.8. The van der Waals surface area contributed by atoms with E-state index in [1.54, 1.807) is 11.8 Å². The van der Waals surface area contributed by atoms with Crippen LogP contribution in [0.3, 0.4) is 0 Å². The van der Waals surface area contributed by atoms with E-state index in [9.17, 15) is 0 Å². The summed E-state index contributed by atoms with van der Waals surface area (Å²) in [4.78, 5) is 1.29. The summed E-state index contributed by atoms with van der Waals surface area (Å²) in [6.07, 6.45) is 2.13. The van der Waals surface area contributed by atoms with Gasteiger partial charge in [-0.25, -0.2) is 0 Å². The lowest BCUT2D eigenvalue weighted by Crippen LogP contribution is -1.87. The third kappa shape index (κ3) is 2.98. The molecule has 0 spiro atoms. The van der Waals surface area contributed by atoms with Crippen molar-refractivity contribution in [1.82, 2.24) is 0 Å². The summed E-state index contributed by atoms with van der Waals surface area (Å²) in [6.45, 7) is 0. The minimum absolute atomic E-state index is 1.26. The maximum Gasteiger partial charge on any atom is 0.00753 e. The van der Waals surface area contributed by atoms with Gasteiger partial charge >= 0.3 is 0 Å². The molecule has 0 saturated carbocycles. The number of hydrogen-bond donors (Lipinski definition) is 0. The van der Waals surface area contributed by atoms with Crippen molar-refractivity contribution in [3.63, 3.8) is 0 Å².